The lowest BCUT2D eigenvalue weighted by Crippen LogP contribution is -2.54. The van der Waals surface area contributed by atoms with Gasteiger partial charge >= 0.3 is 6.03 Å². The van der Waals surface area contributed by atoms with E-state index >= 15 is 0 Å². The average molecular weight is 219 g/mol. The third-order valence-electron chi connectivity index (χ3n) is 3.13. The van der Waals surface area contributed by atoms with Crippen LogP contribution in [0, 0.1) is 0 Å². The summed E-state index contributed by atoms with van der Waals surface area (Å²) < 4.78 is 0. The molecule has 1 saturated heterocycles. The molecule has 4 N–H and O–H groups in total. The highest BCUT2D eigenvalue weighted by Crippen LogP contribution is 2.26. The number of benzene rings is 1. The fraction of sp³-hybridized carbons (Fsp3) is 0.417. The Bertz CT molecular complexity index is 388. The van der Waals surface area contributed by atoms with Crippen molar-refractivity contribution >= 4 is 6.03 Å². The van der Waals surface area contributed by atoms with E-state index in [1.165, 1.54) is 0 Å². The van der Waals surface area contributed by atoms with Gasteiger partial charge < -0.3 is 16.4 Å². The first-order valence-corrected chi connectivity index (χ1v) is 5.49. The molecular formula is C12H17N3O. The lowest BCUT2D eigenvalue weighted by atomic mass is 9.87. The molecule has 2 amide bonds. The lowest BCUT2D eigenvalue weighted by molar-refractivity contribution is 0.211. The van der Waals surface area contributed by atoms with Crippen molar-refractivity contribution in [2.45, 2.75) is 25.4 Å². The highest BCUT2D eigenvalue weighted by molar-refractivity contribution is 5.76. The van der Waals surface area contributed by atoms with Crippen LogP contribution in [-0.4, -0.2) is 12.6 Å². The van der Waals surface area contributed by atoms with Crippen LogP contribution in [0.15, 0.2) is 24.3 Å². The first kappa shape index (κ1) is 11.0. The number of carbonyl (C=O) groups excluding carboxylic acids is 1. The van der Waals surface area contributed by atoms with E-state index in [4.69, 9.17) is 5.73 Å². The number of carbonyl (C=O) groups is 1. The molecule has 1 aromatic rings. The van der Waals surface area contributed by atoms with Crippen molar-refractivity contribution in [3.05, 3.63) is 35.4 Å². The Morgan fingerprint density at radius 3 is 2.62 bits per heavy atom. The first-order chi connectivity index (χ1) is 7.64. The second-order valence-corrected chi connectivity index (χ2v) is 4.36. The molecule has 16 heavy (non-hydrogen) atoms. The second-order valence-electron chi connectivity index (χ2n) is 4.36. The predicted molar refractivity (Wildman–Crippen MR) is 62.8 cm³/mol. The van der Waals surface area contributed by atoms with Crippen LogP contribution in [0.25, 0.3) is 0 Å². The summed E-state index contributed by atoms with van der Waals surface area (Å²) >= 11 is 0. The van der Waals surface area contributed by atoms with Gasteiger partial charge in [0, 0.05) is 13.1 Å². The van der Waals surface area contributed by atoms with Crippen LogP contribution >= 0.6 is 0 Å². The smallest absolute Gasteiger partial charge is 0.315 e. The van der Waals surface area contributed by atoms with Crippen LogP contribution in [0.5, 0.6) is 0 Å². The standard InChI is InChI=1S/C12H17N3O/c1-12(6-7-14-11(16)15-12)10-4-2-9(8-13)3-5-10/h2-5H,6-8,13H2,1H3,(H2,14,15,16). The molecule has 1 unspecified atom stereocenters. The molecule has 0 aliphatic carbocycles. The highest BCUT2D eigenvalue weighted by atomic mass is 16.2. The van der Waals surface area contributed by atoms with Crippen molar-refractivity contribution in [3.8, 4) is 0 Å². The third kappa shape index (κ3) is 2.02. The van der Waals surface area contributed by atoms with Gasteiger partial charge in [-0.15, -0.1) is 0 Å². The van der Waals surface area contributed by atoms with E-state index in [0.717, 1.165) is 17.5 Å². The second kappa shape index (κ2) is 4.14. The fourth-order valence-corrected chi connectivity index (χ4v) is 2.01. The van der Waals surface area contributed by atoms with E-state index in [9.17, 15) is 4.79 Å². The molecule has 0 saturated carbocycles. The summed E-state index contributed by atoms with van der Waals surface area (Å²) in [6, 6.07) is 7.99. The van der Waals surface area contributed by atoms with Gasteiger partial charge in [0.05, 0.1) is 5.54 Å². The Morgan fingerprint density at radius 1 is 1.38 bits per heavy atom. The van der Waals surface area contributed by atoms with Crippen molar-refractivity contribution in [1.82, 2.24) is 10.6 Å². The van der Waals surface area contributed by atoms with Gasteiger partial charge in [-0.3, -0.25) is 0 Å². The van der Waals surface area contributed by atoms with Gasteiger partial charge in [-0.2, -0.15) is 0 Å². The summed E-state index contributed by atoms with van der Waals surface area (Å²) in [6.45, 7) is 3.30. The SMILES string of the molecule is CC1(c2ccc(CN)cc2)CCNC(=O)N1. The lowest BCUT2D eigenvalue weighted by Gasteiger charge is -2.35. The van der Waals surface area contributed by atoms with Gasteiger partial charge in [0.1, 0.15) is 0 Å². The minimum atomic E-state index is -0.268. The molecule has 1 aliphatic rings. The topological polar surface area (TPSA) is 67.1 Å². The van der Waals surface area contributed by atoms with Crippen LogP contribution in [0.4, 0.5) is 4.79 Å². The molecule has 1 atom stereocenters. The van der Waals surface area contributed by atoms with Gasteiger partial charge in [-0.1, -0.05) is 24.3 Å². The summed E-state index contributed by atoms with van der Waals surface area (Å²) in [5.74, 6) is 0. The van der Waals surface area contributed by atoms with Crippen molar-refractivity contribution in [3.63, 3.8) is 0 Å². The number of nitrogens with one attached hydrogen (secondary N) is 2. The Hall–Kier alpha value is -1.55. The zero-order chi connectivity index (χ0) is 11.6. The van der Waals surface area contributed by atoms with Crippen molar-refractivity contribution in [1.29, 1.82) is 0 Å². The molecule has 1 fully saturated rings. The number of hydrogen-bond donors (Lipinski definition) is 3. The van der Waals surface area contributed by atoms with Gasteiger partial charge in [0.2, 0.25) is 0 Å². The average Bonchev–Trinajstić information content (AvgIpc) is 2.29. The molecule has 1 aliphatic heterocycles. The van der Waals surface area contributed by atoms with Gasteiger partial charge in [0.25, 0.3) is 0 Å². The summed E-state index contributed by atoms with van der Waals surface area (Å²) in [5.41, 5.74) is 7.51. The number of nitrogens with two attached hydrogens (primary N) is 1. The van der Waals surface area contributed by atoms with E-state index in [-0.39, 0.29) is 11.6 Å². The molecule has 0 aromatic heterocycles. The fourth-order valence-electron chi connectivity index (χ4n) is 2.01. The number of amides is 2. The molecule has 0 radical (unpaired) electrons. The third-order valence-corrected chi connectivity index (χ3v) is 3.13. The number of rotatable bonds is 2. The maximum atomic E-state index is 11.3. The minimum absolute atomic E-state index is 0.100. The van der Waals surface area contributed by atoms with E-state index in [1.54, 1.807) is 0 Å². The molecule has 1 aromatic carbocycles. The first-order valence-electron chi connectivity index (χ1n) is 5.49. The molecule has 86 valence electrons. The number of hydrogen-bond acceptors (Lipinski definition) is 2. The minimum Gasteiger partial charge on any atom is -0.338 e. The Kier molecular flexibility index (Phi) is 2.83. The molecule has 4 nitrogen and oxygen atoms in total. The van der Waals surface area contributed by atoms with Crippen LogP contribution in [0.3, 0.4) is 0 Å². The van der Waals surface area contributed by atoms with E-state index in [1.807, 2.05) is 31.2 Å². The molecule has 2 rings (SSSR count). The summed E-state index contributed by atoms with van der Waals surface area (Å²) in [5, 5.41) is 5.72. The van der Waals surface area contributed by atoms with Crippen molar-refractivity contribution in [2.75, 3.05) is 6.54 Å². The Balaban J connectivity index is 2.24. The highest BCUT2D eigenvalue weighted by Gasteiger charge is 2.31. The maximum Gasteiger partial charge on any atom is 0.315 e. The van der Waals surface area contributed by atoms with E-state index in [0.29, 0.717) is 13.1 Å². The molecule has 0 spiro atoms. The van der Waals surface area contributed by atoms with E-state index < -0.39 is 0 Å². The Morgan fingerprint density at radius 2 is 2.06 bits per heavy atom. The summed E-state index contributed by atoms with van der Waals surface area (Å²) in [4.78, 5) is 11.3. The zero-order valence-electron chi connectivity index (χ0n) is 9.42. The molecule has 4 heteroatoms. The monoisotopic (exact) mass is 219 g/mol. The maximum absolute atomic E-state index is 11.3. The van der Waals surface area contributed by atoms with Gasteiger partial charge in [-0.05, 0) is 24.5 Å². The van der Waals surface area contributed by atoms with Crippen molar-refractivity contribution in [2.24, 2.45) is 5.73 Å². The summed E-state index contributed by atoms with van der Waals surface area (Å²) in [7, 11) is 0. The zero-order valence-corrected chi connectivity index (χ0v) is 9.42. The largest absolute Gasteiger partial charge is 0.338 e. The summed E-state index contributed by atoms with van der Waals surface area (Å²) in [6.07, 6.45) is 0.890. The van der Waals surface area contributed by atoms with Gasteiger partial charge in [0.15, 0.2) is 0 Å². The molecule has 0 bridgehead atoms. The predicted octanol–water partition coefficient (Wildman–Crippen LogP) is 1.06. The normalized spacial score (nSPS) is 24.8. The Labute approximate surface area is 95.2 Å². The van der Waals surface area contributed by atoms with E-state index in [2.05, 4.69) is 10.6 Å². The molecular weight excluding hydrogens is 202 g/mol. The molecule has 1 heterocycles. The van der Waals surface area contributed by atoms with Crippen LogP contribution < -0.4 is 16.4 Å². The number of urea groups is 1. The quantitative estimate of drug-likeness (QED) is 0.696. The van der Waals surface area contributed by atoms with Crippen LogP contribution in [-0.2, 0) is 12.1 Å². The van der Waals surface area contributed by atoms with Crippen LogP contribution in [0.2, 0.25) is 0 Å². The van der Waals surface area contributed by atoms with Crippen molar-refractivity contribution < 1.29 is 4.79 Å². The van der Waals surface area contributed by atoms with Crippen LogP contribution in [0.1, 0.15) is 24.5 Å². The van der Waals surface area contributed by atoms with Gasteiger partial charge in [-0.25, -0.2) is 4.79 Å².